The minimum Gasteiger partial charge on any atom is -0.393 e. The van der Waals surface area contributed by atoms with Crippen molar-refractivity contribution in [3.63, 3.8) is 0 Å². The third-order valence-electron chi connectivity index (χ3n) is 4.32. The maximum atomic E-state index is 10.2. The molecule has 0 aromatic heterocycles. The molecule has 0 saturated heterocycles. The first kappa shape index (κ1) is 16.0. The second kappa shape index (κ2) is 8.92. The van der Waals surface area contributed by atoms with Crippen LogP contribution in [0.15, 0.2) is 0 Å². The standard InChI is InChI=1S/C16H33NO/c1-4-7-14-8-9-16(18)15(12-14)13-17(10-5-2)11-6-3/h14-16,18H,4-13H2,1-3H3. The van der Waals surface area contributed by atoms with Crippen molar-refractivity contribution in [1.82, 2.24) is 4.90 Å². The Hall–Kier alpha value is -0.0800. The Balaban J connectivity index is 2.44. The summed E-state index contributed by atoms with van der Waals surface area (Å²) in [6, 6.07) is 0. The maximum absolute atomic E-state index is 10.2. The van der Waals surface area contributed by atoms with Gasteiger partial charge in [0, 0.05) is 6.54 Å². The van der Waals surface area contributed by atoms with Gasteiger partial charge in [-0.3, -0.25) is 0 Å². The highest BCUT2D eigenvalue weighted by Crippen LogP contribution is 2.32. The lowest BCUT2D eigenvalue weighted by Crippen LogP contribution is -2.39. The van der Waals surface area contributed by atoms with Gasteiger partial charge in [-0.2, -0.15) is 0 Å². The maximum Gasteiger partial charge on any atom is 0.0580 e. The third kappa shape index (κ3) is 5.27. The van der Waals surface area contributed by atoms with Crippen molar-refractivity contribution in [1.29, 1.82) is 0 Å². The van der Waals surface area contributed by atoms with Gasteiger partial charge in [0.1, 0.15) is 0 Å². The van der Waals surface area contributed by atoms with E-state index in [1.807, 2.05) is 0 Å². The van der Waals surface area contributed by atoms with Gasteiger partial charge in [0.25, 0.3) is 0 Å². The third-order valence-corrected chi connectivity index (χ3v) is 4.32. The fourth-order valence-corrected chi connectivity index (χ4v) is 3.47. The second-order valence-corrected chi connectivity index (χ2v) is 6.10. The van der Waals surface area contributed by atoms with Crippen LogP contribution in [0.25, 0.3) is 0 Å². The van der Waals surface area contributed by atoms with E-state index in [4.69, 9.17) is 0 Å². The molecule has 2 heteroatoms. The van der Waals surface area contributed by atoms with Crippen LogP contribution in [-0.4, -0.2) is 35.7 Å². The Morgan fingerprint density at radius 2 is 1.67 bits per heavy atom. The first-order chi connectivity index (χ1) is 8.71. The van der Waals surface area contributed by atoms with Crippen LogP contribution in [-0.2, 0) is 0 Å². The van der Waals surface area contributed by atoms with Crippen LogP contribution in [0.5, 0.6) is 0 Å². The Labute approximate surface area is 114 Å². The lowest BCUT2D eigenvalue weighted by molar-refractivity contribution is 0.0257. The zero-order valence-electron chi connectivity index (χ0n) is 12.7. The van der Waals surface area contributed by atoms with Crippen molar-refractivity contribution in [3.05, 3.63) is 0 Å². The molecule has 1 aliphatic rings. The SMILES string of the molecule is CCCC1CCC(O)C(CN(CCC)CCC)C1. The summed E-state index contributed by atoms with van der Waals surface area (Å²) in [5.74, 6) is 1.39. The van der Waals surface area contributed by atoms with E-state index in [1.165, 1.54) is 51.6 Å². The zero-order valence-corrected chi connectivity index (χ0v) is 12.7. The summed E-state index contributed by atoms with van der Waals surface area (Å²) in [5, 5.41) is 10.2. The van der Waals surface area contributed by atoms with Crippen molar-refractivity contribution in [2.24, 2.45) is 11.8 Å². The van der Waals surface area contributed by atoms with E-state index in [0.717, 1.165) is 18.9 Å². The van der Waals surface area contributed by atoms with E-state index in [1.54, 1.807) is 0 Å². The molecule has 0 aromatic carbocycles. The van der Waals surface area contributed by atoms with Crippen LogP contribution in [0.4, 0.5) is 0 Å². The molecular formula is C16H33NO. The van der Waals surface area contributed by atoms with Gasteiger partial charge in [-0.1, -0.05) is 33.6 Å². The van der Waals surface area contributed by atoms with Gasteiger partial charge in [-0.05, 0) is 57.0 Å². The van der Waals surface area contributed by atoms with Gasteiger partial charge >= 0.3 is 0 Å². The molecular weight excluding hydrogens is 222 g/mol. The Kier molecular flexibility index (Phi) is 7.92. The number of hydrogen-bond acceptors (Lipinski definition) is 2. The average Bonchev–Trinajstić information content (AvgIpc) is 2.34. The van der Waals surface area contributed by atoms with Gasteiger partial charge in [0.2, 0.25) is 0 Å². The highest BCUT2D eigenvalue weighted by molar-refractivity contribution is 4.82. The summed E-state index contributed by atoms with van der Waals surface area (Å²) in [5.41, 5.74) is 0. The van der Waals surface area contributed by atoms with Gasteiger partial charge in [-0.25, -0.2) is 0 Å². The van der Waals surface area contributed by atoms with Gasteiger partial charge in [0.05, 0.1) is 6.10 Å². The zero-order chi connectivity index (χ0) is 13.4. The monoisotopic (exact) mass is 255 g/mol. The van der Waals surface area contributed by atoms with E-state index >= 15 is 0 Å². The van der Waals surface area contributed by atoms with Crippen LogP contribution in [0.3, 0.4) is 0 Å². The fourth-order valence-electron chi connectivity index (χ4n) is 3.47. The summed E-state index contributed by atoms with van der Waals surface area (Å²) in [7, 11) is 0. The number of aliphatic hydroxyl groups excluding tert-OH is 1. The molecule has 0 heterocycles. The molecule has 1 aliphatic carbocycles. The van der Waals surface area contributed by atoms with E-state index in [-0.39, 0.29) is 6.10 Å². The molecule has 0 radical (unpaired) electrons. The molecule has 1 saturated carbocycles. The molecule has 3 unspecified atom stereocenters. The number of rotatable bonds is 8. The van der Waals surface area contributed by atoms with Gasteiger partial charge in [-0.15, -0.1) is 0 Å². The number of aliphatic hydroxyl groups is 1. The minimum atomic E-state index is -0.0469. The topological polar surface area (TPSA) is 23.5 Å². The summed E-state index contributed by atoms with van der Waals surface area (Å²) in [6.45, 7) is 10.3. The van der Waals surface area contributed by atoms with Crippen LogP contribution < -0.4 is 0 Å². The van der Waals surface area contributed by atoms with E-state index < -0.39 is 0 Å². The molecule has 2 nitrogen and oxygen atoms in total. The first-order valence-electron chi connectivity index (χ1n) is 8.11. The Morgan fingerprint density at radius 3 is 2.22 bits per heavy atom. The molecule has 0 spiro atoms. The molecule has 1 rings (SSSR count). The average molecular weight is 255 g/mol. The molecule has 1 N–H and O–H groups in total. The first-order valence-corrected chi connectivity index (χ1v) is 8.11. The van der Waals surface area contributed by atoms with E-state index in [2.05, 4.69) is 25.7 Å². The van der Waals surface area contributed by atoms with E-state index in [0.29, 0.717) is 5.92 Å². The molecule has 0 amide bonds. The molecule has 18 heavy (non-hydrogen) atoms. The van der Waals surface area contributed by atoms with Crippen molar-refractivity contribution >= 4 is 0 Å². The molecule has 0 aliphatic heterocycles. The smallest absolute Gasteiger partial charge is 0.0580 e. The summed E-state index contributed by atoms with van der Waals surface area (Å²) >= 11 is 0. The largest absolute Gasteiger partial charge is 0.393 e. The van der Waals surface area contributed by atoms with Crippen LogP contribution in [0.2, 0.25) is 0 Å². The lowest BCUT2D eigenvalue weighted by Gasteiger charge is -2.36. The number of nitrogens with zero attached hydrogens (tertiary/aromatic N) is 1. The normalized spacial score (nSPS) is 28.8. The molecule has 0 bridgehead atoms. The van der Waals surface area contributed by atoms with Crippen molar-refractivity contribution in [2.75, 3.05) is 19.6 Å². The Bertz CT molecular complexity index is 201. The molecule has 1 fully saturated rings. The number of hydrogen-bond donors (Lipinski definition) is 1. The molecule has 3 atom stereocenters. The van der Waals surface area contributed by atoms with Crippen molar-refractivity contribution in [2.45, 2.75) is 71.8 Å². The minimum absolute atomic E-state index is 0.0469. The Morgan fingerprint density at radius 1 is 1.00 bits per heavy atom. The summed E-state index contributed by atoms with van der Waals surface area (Å²) in [6.07, 6.45) is 8.57. The predicted octanol–water partition coefficient (Wildman–Crippen LogP) is 3.69. The van der Waals surface area contributed by atoms with Crippen LogP contribution in [0.1, 0.15) is 65.7 Å². The highest BCUT2D eigenvalue weighted by atomic mass is 16.3. The van der Waals surface area contributed by atoms with Crippen LogP contribution >= 0.6 is 0 Å². The lowest BCUT2D eigenvalue weighted by atomic mass is 9.77. The molecule has 108 valence electrons. The quantitative estimate of drug-likeness (QED) is 0.715. The molecule has 0 aromatic rings. The summed E-state index contributed by atoms with van der Waals surface area (Å²) in [4.78, 5) is 2.56. The van der Waals surface area contributed by atoms with Gasteiger partial charge in [0.15, 0.2) is 0 Å². The summed E-state index contributed by atoms with van der Waals surface area (Å²) < 4.78 is 0. The van der Waals surface area contributed by atoms with Crippen LogP contribution in [0, 0.1) is 11.8 Å². The van der Waals surface area contributed by atoms with Crippen molar-refractivity contribution in [3.8, 4) is 0 Å². The van der Waals surface area contributed by atoms with E-state index in [9.17, 15) is 5.11 Å². The fraction of sp³-hybridized carbons (Fsp3) is 1.00. The van der Waals surface area contributed by atoms with Gasteiger partial charge < -0.3 is 10.0 Å². The second-order valence-electron chi connectivity index (χ2n) is 6.10. The van der Waals surface area contributed by atoms with Crippen molar-refractivity contribution < 1.29 is 5.11 Å². The highest BCUT2D eigenvalue weighted by Gasteiger charge is 2.29. The predicted molar refractivity (Wildman–Crippen MR) is 78.8 cm³/mol.